The number of hydrogen-bond acceptors (Lipinski definition) is 7. The fraction of sp³-hybridized carbons (Fsp3) is 0. The molecule has 0 radical (unpaired) electrons. The van der Waals surface area contributed by atoms with Crippen molar-refractivity contribution in [1.82, 2.24) is 15.0 Å². The van der Waals surface area contributed by atoms with Crippen LogP contribution in [0.1, 0.15) is 0 Å². The minimum absolute atomic E-state index is 0.223. The van der Waals surface area contributed by atoms with Crippen LogP contribution in [0.4, 0.5) is 44.5 Å². The molecule has 8 N–H and O–H groups in total. The van der Waals surface area contributed by atoms with Gasteiger partial charge in [0.1, 0.15) is 34.9 Å². The van der Waals surface area contributed by atoms with Gasteiger partial charge in [-0.15, -0.1) is 0 Å². The molecule has 142 valence electrons. The minimum atomic E-state index is -0.559. The molecule has 0 saturated heterocycles. The van der Waals surface area contributed by atoms with E-state index in [0.29, 0.717) is 11.6 Å². The fourth-order valence-corrected chi connectivity index (χ4v) is 2.14. The highest BCUT2D eigenvalue weighted by molar-refractivity contribution is 6.00. The Balaban J connectivity index is 1.58. The van der Waals surface area contributed by atoms with Crippen LogP contribution in [0.2, 0.25) is 0 Å². The van der Waals surface area contributed by atoms with Gasteiger partial charge in [0.15, 0.2) is 0 Å². The molecule has 4 amide bonds. The van der Waals surface area contributed by atoms with E-state index in [1.807, 2.05) is 0 Å². The summed E-state index contributed by atoms with van der Waals surface area (Å²) in [4.78, 5) is 36.1. The summed E-state index contributed by atoms with van der Waals surface area (Å²) in [6.07, 6.45) is 0. The molecule has 3 aromatic rings. The highest BCUT2D eigenvalue weighted by Crippen LogP contribution is 2.12. The number of nitrogens with zero attached hydrogens (tertiary/aromatic N) is 3. The van der Waals surface area contributed by atoms with E-state index in [2.05, 4.69) is 36.2 Å². The van der Waals surface area contributed by atoms with Crippen molar-refractivity contribution in [3.05, 3.63) is 54.6 Å². The molecule has 0 saturated carbocycles. The van der Waals surface area contributed by atoms with Gasteiger partial charge in [-0.2, -0.15) is 0 Å². The third-order valence-corrected chi connectivity index (χ3v) is 3.26. The minimum Gasteiger partial charge on any atom is -0.384 e. The summed E-state index contributed by atoms with van der Waals surface area (Å²) >= 11 is 0. The van der Waals surface area contributed by atoms with Gasteiger partial charge in [-0.25, -0.2) is 24.5 Å². The second-order valence-corrected chi connectivity index (χ2v) is 5.46. The van der Waals surface area contributed by atoms with E-state index < -0.39 is 12.1 Å². The van der Waals surface area contributed by atoms with Crippen molar-refractivity contribution in [3.63, 3.8) is 0 Å². The zero-order valence-corrected chi connectivity index (χ0v) is 14.5. The molecule has 0 atom stereocenters. The van der Waals surface area contributed by atoms with Crippen molar-refractivity contribution < 1.29 is 9.59 Å². The van der Waals surface area contributed by atoms with E-state index >= 15 is 0 Å². The lowest BCUT2D eigenvalue weighted by Crippen LogP contribution is -2.23. The lowest BCUT2D eigenvalue weighted by Gasteiger charge is -2.09. The monoisotopic (exact) mass is 379 g/mol. The van der Waals surface area contributed by atoms with E-state index in [1.54, 1.807) is 54.6 Å². The molecule has 0 aliphatic carbocycles. The molecule has 0 aliphatic heterocycles. The zero-order valence-electron chi connectivity index (χ0n) is 14.5. The SMILES string of the molecule is Nc1cccc(NC(=O)Nc2cccc(NC(=O)Nc3cccc(N)n3)n2)n1. The molecular weight excluding hydrogens is 362 g/mol. The molecule has 0 spiro atoms. The van der Waals surface area contributed by atoms with Crippen LogP contribution in [-0.4, -0.2) is 27.0 Å². The van der Waals surface area contributed by atoms with E-state index in [1.165, 1.54) is 0 Å². The maximum absolute atomic E-state index is 12.0. The number of rotatable bonds is 4. The largest absolute Gasteiger partial charge is 0.384 e. The van der Waals surface area contributed by atoms with Crippen LogP contribution in [-0.2, 0) is 0 Å². The summed E-state index contributed by atoms with van der Waals surface area (Å²) in [6, 6.07) is 13.3. The van der Waals surface area contributed by atoms with Crippen molar-refractivity contribution >= 4 is 47.0 Å². The molecule has 11 heteroatoms. The first kappa shape index (κ1) is 18.4. The smallest absolute Gasteiger partial charge is 0.326 e. The first-order valence-corrected chi connectivity index (χ1v) is 8.06. The van der Waals surface area contributed by atoms with Crippen molar-refractivity contribution in [2.75, 3.05) is 32.7 Å². The summed E-state index contributed by atoms with van der Waals surface area (Å²) in [7, 11) is 0. The summed E-state index contributed by atoms with van der Waals surface area (Å²) in [5, 5.41) is 10.1. The second-order valence-electron chi connectivity index (χ2n) is 5.46. The van der Waals surface area contributed by atoms with E-state index in [4.69, 9.17) is 11.5 Å². The van der Waals surface area contributed by atoms with Crippen LogP contribution in [0.5, 0.6) is 0 Å². The van der Waals surface area contributed by atoms with Gasteiger partial charge in [0.25, 0.3) is 0 Å². The number of nitrogen functional groups attached to an aromatic ring is 2. The summed E-state index contributed by atoms with van der Waals surface area (Å²) < 4.78 is 0. The van der Waals surface area contributed by atoms with Gasteiger partial charge in [0, 0.05) is 0 Å². The Morgan fingerprint density at radius 3 is 1.25 bits per heavy atom. The lowest BCUT2D eigenvalue weighted by atomic mass is 10.4. The van der Waals surface area contributed by atoms with Crippen molar-refractivity contribution in [3.8, 4) is 0 Å². The highest BCUT2D eigenvalue weighted by atomic mass is 16.2. The zero-order chi connectivity index (χ0) is 19.9. The van der Waals surface area contributed by atoms with Crippen LogP contribution >= 0.6 is 0 Å². The summed E-state index contributed by atoms with van der Waals surface area (Å²) in [5.41, 5.74) is 11.1. The number of urea groups is 2. The number of aromatic nitrogens is 3. The molecule has 3 rings (SSSR count). The van der Waals surface area contributed by atoms with Crippen LogP contribution in [0.25, 0.3) is 0 Å². The Hall–Kier alpha value is -4.41. The molecule has 0 aromatic carbocycles. The average Bonchev–Trinajstić information content (AvgIpc) is 2.61. The van der Waals surface area contributed by atoms with E-state index in [-0.39, 0.29) is 23.3 Å². The maximum Gasteiger partial charge on any atom is 0.326 e. The fourth-order valence-electron chi connectivity index (χ4n) is 2.14. The average molecular weight is 379 g/mol. The van der Waals surface area contributed by atoms with Crippen LogP contribution in [0.3, 0.4) is 0 Å². The summed E-state index contributed by atoms with van der Waals surface area (Å²) in [5.74, 6) is 1.59. The molecule has 0 unspecified atom stereocenters. The number of pyridine rings is 3. The van der Waals surface area contributed by atoms with Gasteiger partial charge in [0.05, 0.1) is 0 Å². The van der Waals surface area contributed by atoms with E-state index in [9.17, 15) is 9.59 Å². The second kappa shape index (κ2) is 8.31. The number of nitrogens with one attached hydrogen (secondary N) is 4. The molecule has 28 heavy (non-hydrogen) atoms. The van der Waals surface area contributed by atoms with Crippen molar-refractivity contribution in [1.29, 1.82) is 0 Å². The number of carbonyl (C=O) groups excluding carboxylic acids is 2. The van der Waals surface area contributed by atoms with Crippen LogP contribution in [0, 0.1) is 0 Å². The molecule has 0 aliphatic rings. The van der Waals surface area contributed by atoms with Crippen molar-refractivity contribution in [2.24, 2.45) is 0 Å². The quantitative estimate of drug-likeness (QED) is 0.403. The molecular formula is C17H17N9O2. The Morgan fingerprint density at radius 1 is 0.571 bits per heavy atom. The molecule has 11 nitrogen and oxygen atoms in total. The molecule has 0 bridgehead atoms. The lowest BCUT2D eigenvalue weighted by molar-refractivity contribution is 0.261. The first-order chi connectivity index (χ1) is 13.5. The number of carbonyl (C=O) groups is 2. The molecule has 3 aromatic heterocycles. The van der Waals surface area contributed by atoms with Gasteiger partial charge in [-0.1, -0.05) is 18.2 Å². The highest BCUT2D eigenvalue weighted by Gasteiger charge is 2.08. The Kier molecular flexibility index (Phi) is 5.46. The van der Waals surface area contributed by atoms with E-state index in [0.717, 1.165) is 0 Å². The first-order valence-electron chi connectivity index (χ1n) is 8.06. The van der Waals surface area contributed by atoms with Gasteiger partial charge in [-0.3, -0.25) is 21.3 Å². The van der Waals surface area contributed by atoms with Gasteiger partial charge in [-0.05, 0) is 36.4 Å². The molecule has 0 fully saturated rings. The van der Waals surface area contributed by atoms with Crippen LogP contribution in [0.15, 0.2) is 54.6 Å². The van der Waals surface area contributed by atoms with Gasteiger partial charge < -0.3 is 11.5 Å². The summed E-state index contributed by atoms with van der Waals surface area (Å²) in [6.45, 7) is 0. The number of anilines is 6. The van der Waals surface area contributed by atoms with Crippen molar-refractivity contribution in [2.45, 2.75) is 0 Å². The standard InChI is InChI=1S/C17H17N9O2/c18-10-4-1-6-12(20-10)23-16(27)25-14-8-3-9-15(22-14)26-17(28)24-13-7-2-5-11(19)21-13/h1-9H,(H8,18,19,20,21,22,23,24,25,26,27,28). The number of amides is 4. The van der Waals surface area contributed by atoms with Crippen LogP contribution < -0.4 is 32.7 Å². The molecule has 3 heterocycles. The normalized spacial score (nSPS) is 10.0. The maximum atomic E-state index is 12.0. The third-order valence-electron chi connectivity index (χ3n) is 3.26. The topological polar surface area (TPSA) is 173 Å². The Morgan fingerprint density at radius 2 is 0.893 bits per heavy atom. The van der Waals surface area contributed by atoms with Gasteiger partial charge >= 0.3 is 12.1 Å². The Labute approximate surface area is 159 Å². The number of hydrogen-bond donors (Lipinski definition) is 6. The predicted octanol–water partition coefficient (Wildman–Crippen LogP) is 2.32. The van der Waals surface area contributed by atoms with Gasteiger partial charge in [0.2, 0.25) is 0 Å². The Bertz CT molecular complexity index is 932. The number of nitrogens with two attached hydrogens (primary N) is 2. The predicted molar refractivity (Wildman–Crippen MR) is 107 cm³/mol. The third kappa shape index (κ3) is 5.29.